The molecule has 0 saturated carbocycles. The summed E-state index contributed by atoms with van der Waals surface area (Å²) < 4.78 is 32.0. The lowest BCUT2D eigenvalue weighted by atomic mass is 10.0. The fraction of sp³-hybridized carbons (Fsp3) is 0.333. The molecule has 41 heavy (non-hydrogen) atoms. The number of nitrogens with zero attached hydrogens (tertiary/aromatic N) is 2. The van der Waals surface area contributed by atoms with E-state index < -0.39 is 28.5 Å². The third-order valence-electron chi connectivity index (χ3n) is 6.67. The van der Waals surface area contributed by atoms with Gasteiger partial charge in [-0.25, -0.2) is 8.42 Å². The minimum absolute atomic E-state index is 0.00902. The maximum atomic E-state index is 14.1. The number of nitrogens with one attached hydrogen (secondary N) is 1. The average Bonchev–Trinajstić information content (AvgIpc) is 2.94. The van der Waals surface area contributed by atoms with Crippen molar-refractivity contribution in [3.05, 3.63) is 94.0 Å². The highest BCUT2D eigenvalue weighted by Gasteiger charge is 2.33. The number of hydrogen-bond donors (Lipinski definition) is 1. The molecule has 0 aliphatic rings. The first-order valence-electron chi connectivity index (χ1n) is 13.1. The first-order valence-corrected chi connectivity index (χ1v) is 15.7. The van der Waals surface area contributed by atoms with Crippen LogP contribution in [-0.4, -0.2) is 57.1 Å². The predicted molar refractivity (Wildman–Crippen MR) is 164 cm³/mol. The Kier molecular flexibility index (Phi) is 11.5. The Morgan fingerprint density at radius 1 is 0.976 bits per heavy atom. The third-order valence-corrected chi connectivity index (χ3v) is 8.48. The monoisotopic (exact) mass is 619 g/mol. The van der Waals surface area contributed by atoms with E-state index >= 15 is 0 Å². The number of amides is 2. The Labute approximate surface area is 252 Å². The van der Waals surface area contributed by atoms with Gasteiger partial charge in [-0.3, -0.25) is 13.9 Å². The summed E-state index contributed by atoms with van der Waals surface area (Å²) in [6.07, 6.45) is 1.92. The quantitative estimate of drug-likeness (QED) is 0.279. The van der Waals surface area contributed by atoms with Gasteiger partial charge in [0.05, 0.1) is 24.1 Å². The maximum Gasteiger partial charge on any atom is 0.244 e. The molecule has 0 fully saturated rings. The van der Waals surface area contributed by atoms with E-state index in [0.717, 1.165) is 16.1 Å². The average molecular weight is 621 g/mol. The maximum absolute atomic E-state index is 14.1. The number of methoxy groups -OCH3 is 1. The van der Waals surface area contributed by atoms with E-state index in [4.69, 9.17) is 27.9 Å². The molecule has 2 atom stereocenters. The normalized spacial score (nSPS) is 12.7. The summed E-state index contributed by atoms with van der Waals surface area (Å²) in [6.45, 7) is 3.27. The highest BCUT2D eigenvalue weighted by atomic mass is 35.5. The highest BCUT2D eigenvalue weighted by Crippen LogP contribution is 2.30. The zero-order valence-corrected chi connectivity index (χ0v) is 25.8. The van der Waals surface area contributed by atoms with Crippen molar-refractivity contribution in [1.29, 1.82) is 0 Å². The summed E-state index contributed by atoms with van der Waals surface area (Å²) >= 11 is 12.8. The number of rotatable bonds is 13. The van der Waals surface area contributed by atoms with Gasteiger partial charge in [0.15, 0.2) is 0 Å². The summed E-state index contributed by atoms with van der Waals surface area (Å²) in [7, 11) is -2.48. The van der Waals surface area contributed by atoms with Crippen molar-refractivity contribution >= 4 is 50.7 Å². The second-order valence-electron chi connectivity index (χ2n) is 9.72. The molecule has 8 nitrogen and oxygen atoms in total. The van der Waals surface area contributed by atoms with Crippen LogP contribution < -0.4 is 14.4 Å². The fourth-order valence-electron chi connectivity index (χ4n) is 4.23. The zero-order chi connectivity index (χ0) is 30.2. The van der Waals surface area contributed by atoms with Gasteiger partial charge < -0.3 is 15.0 Å². The van der Waals surface area contributed by atoms with Crippen LogP contribution in [0.4, 0.5) is 5.69 Å². The molecule has 220 valence electrons. The molecule has 3 aromatic rings. The van der Waals surface area contributed by atoms with E-state index in [1.165, 1.54) is 30.2 Å². The molecule has 11 heteroatoms. The number of carbonyl (C=O) groups is 2. The van der Waals surface area contributed by atoms with Crippen LogP contribution in [0.5, 0.6) is 5.75 Å². The van der Waals surface area contributed by atoms with Gasteiger partial charge in [0.2, 0.25) is 21.8 Å². The van der Waals surface area contributed by atoms with Gasteiger partial charge >= 0.3 is 0 Å². The molecule has 0 aromatic heterocycles. The minimum atomic E-state index is -3.93. The molecular weight excluding hydrogens is 585 g/mol. The van der Waals surface area contributed by atoms with Crippen molar-refractivity contribution in [3.8, 4) is 5.75 Å². The van der Waals surface area contributed by atoms with Gasteiger partial charge in [-0.15, -0.1) is 0 Å². The number of hydrogen-bond acceptors (Lipinski definition) is 5. The lowest BCUT2D eigenvalue weighted by Gasteiger charge is -2.34. The number of halogens is 2. The van der Waals surface area contributed by atoms with Crippen LogP contribution in [0.2, 0.25) is 10.0 Å². The Hall–Kier alpha value is -3.27. The van der Waals surface area contributed by atoms with E-state index in [9.17, 15) is 18.0 Å². The van der Waals surface area contributed by atoms with Crippen molar-refractivity contribution in [2.75, 3.05) is 24.2 Å². The lowest BCUT2D eigenvalue weighted by Crippen LogP contribution is -2.54. The Morgan fingerprint density at radius 3 is 2.22 bits per heavy atom. The second-order valence-corrected chi connectivity index (χ2v) is 12.4. The van der Waals surface area contributed by atoms with E-state index in [-0.39, 0.29) is 35.6 Å². The Bertz CT molecular complexity index is 1450. The molecule has 0 aliphatic carbocycles. The highest BCUT2D eigenvalue weighted by molar-refractivity contribution is 7.92. The number of sulfonamides is 1. The Morgan fingerprint density at radius 2 is 1.63 bits per heavy atom. The van der Waals surface area contributed by atoms with Gasteiger partial charge in [-0.1, -0.05) is 78.7 Å². The van der Waals surface area contributed by atoms with Crippen LogP contribution in [0, 0.1) is 0 Å². The molecule has 3 aromatic carbocycles. The predicted octanol–water partition coefficient (Wildman–Crippen LogP) is 5.32. The summed E-state index contributed by atoms with van der Waals surface area (Å²) in [5, 5.41) is 3.60. The lowest BCUT2D eigenvalue weighted by molar-refractivity contribution is -0.140. The SMILES string of the molecule is CCC(C)NC(=O)C(Cc1ccccc1)N(Cc1ccccc1Cl)C(=O)CN(c1ccc(OC)c(Cl)c1)S(C)(=O)=O. The number of ether oxygens (including phenoxy) is 1. The fourth-order valence-corrected chi connectivity index (χ4v) is 5.52. The van der Waals surface area contributed by atoms with Crippen molar-refractivity contribution in [3.63, 3.8) is 0 Å². The van der Waals surface area contributed by atoms with Gasteiger partial charge in [0.1, 0.15) is 18.3 Å². The van der Waals surface area contributed by atoms with Crippen molar-refractivity contribution in [2.24, 2.45) is 0 Å². The van der Waals surface area contributed by atoms with Crippen LogP contribution in [0.25, 0.3) is 0 Å². The molecule has 0 radical (unpaired) electrons. The van der Waals surface area contributed by atoms with E-state index in [1.807, 2.05) is 44.2 Å². The standard InChI is InChI=1S/C30H35Cl2N3O5S/c1-5-21(2)33-30(37)27(17-22-11-7-6-8-12-22)34(19-23-13-9-10-14-25(23)31)29(36)20-35(41(4,38)39)24-15-16-28(40-3)26(32)18-24/h6-16,18,21,27H,5,17,19-20H2,1-4H3,(H,33,37). The molecule has 0 bridgehead atoms. The summed E-state index contributed by atoms with van der Waals surface area (Å²) in [5.41, 5.74) is 1.65. The van der Waals surface area contributed by atoms with Crippen LogP contribution in [-0.2, 0) is 32.6 Å². The van der Waals surface area contributed by atoms with Crippen LogP contribution in [0.1, 0.15) is 31.4 Å². The zero-order valence-electron chi connectivity index (χ0n) is 23.5. The molecule has 0 aliphatic heterocycles. The van der Waals surface area contributed by atoms with Crippen molar-refractivity contribution in [1.82, 2.24) is 10.2 Å². The number of benzene rings is 3. The van der Waals surface area contributed by atoms with Crippen LogP contribution in [0.15, 0.2) is 72.8 Å². The molecular formula is C30H35Cl2N3O5S. The molecule has 0 spiro atoms. The van der Waals surface area contributed by atoms with Gasteiger partial charge in [-0.05, 0) is 48.7 Å². The minimum Gasteiger partial charge on any atom is -0.495 e. The number of carbonyl (C=O) groups excluding carboxylic acids is 2. The summed E-state index contributed by atoms with van der Waals surface area (Å²) in [5.74, 6) is -0.565. The van der Waals surface area contributed by atoms with E-state index in [2.05, 4.69) is 5.32 Å². The second kappa shape index (κ2) is 14.6. The van der Waals surface area contributed by atoms with E-state index in [1.54, 1.807) is 24.3 Å². The van der Waals surface area contributed by atoms with Gasteiger partial charge in [-0.2, -0.15) is 0 Å². The topological polar surface area (TPSA) is 96.0 Å². The first-order chi connectivity index (χ1) is 19.4. The molecule has 0 heterocycles. The summed E-state index contributed by atoms with van der Waals surface area (Å²) in [6, 6.07) is 19.8. The summed E-state index contributed by atoms with van der Waals surface area (Å²) in [4.78, 5) is 29.2. The van der Waals surface area contributed by atoms with Gasteiger partial charge in [0.25, 0.3) is 0 Å². The smallest absolute Gasteiger partial charge is 0.244 e. The molecule has 2 unspecified atom stereocenters. The first kappa shape index (κ1) is 32.2. The third kappa shape index (κ3) is 8.86. The molecule has 3 rings (SSSR count). The molecule has 1 N–H and O–H groups in total. The van der Waals surface area contributed by atoms with Crippen LogP contribution in [0.3, 0.4) is 0 Å². The largest absolute Gasteiger partial charge is 0.495 e. The van der Waals surface area contributed by atoms with E-state index in [0.29, 0.717) is 22.8 Å². The van der Waals surface area contributed by atoms with Gasteiger partial charge in [0, 0.05) is 24.0 Å². The molecule has 2 amide bonds. The van der Waals surface area contributed by atoms with Crippen molar-refractivity contribution in [2.45, 2.75) is 45.3 Å². The molecule has 0 saturated heterocycles. The number of anilines is 1. The van der Waals surface area contributed by atoms with Crippen molar-refractivity contribution < 1.29 is 22.7 Å². The van der Waals surface area contributed by atoms with Crippen LogP contribution >= 0.6 is 23.2 Å². The Balaban J connectivity index is 2.08.